The van der Waals surface area contributed by atoms with Crippen molar-refractivity contribution < 1.29 is 14.6 Å². The monoisotopic (exact) mass is 227 g/mol. The van der Waals surface area contributed by atoms with E-state index in [9.17, 15) is 9.90 Å². The van der Waals surface area contributed by atoms with Crippen molar-refractivity contribution in [3.63, 3.8) is 0 Å². The molecule has 3 fully saturated rings. The lowest BCUT2D eigenvalue weighted by Gasteiger charge is -2.50. The third kappa shape index (κ3) is 1.96. The van der Waals surface area contributed by atoms with Crippen LogP contribution in [-0.2, 0) is 9.53 Å². The standard InChI is InChI=1S/C12H21NO3/c1-11(16-2,10(14)15)9-12-3-6-13(7-4-12)8-5-12/h3-9H2,1-2H3,(H,14,15). The second kappa shape index (κ2) is 4.00. The Bertz CT molecular complexity index is 270. The Morgan fingerprint density at radius 3 is 2.25 bits per heavy atom. The van der Waals surface area contributed by atoms with Gasteiger partial charge in [0, 0.05) is 7.11 Å². The number of ether oxygens (including phenoxy) is 1. The Morgan fingerprint density at radius 1 is 1.38 bits per heavy atom. The largest absolute Gasteiger partial charge is 0.479 e. The molecule has 92 valence electrons. The van der Waals surface area contributed by atoms with E-state index in [2.05, 4.69) is 4.90 Å². The fourth-order valence-electron chi connectivity index (χ4n) is 3.11. The van der Waals surface area contributed by atoms with Gasteiger partial charge in [-0.15, -0.1) is 0 Å². The predicted molar refractivity (Wildman–Crippen MR) is 60.4 cm³/mol. The van der Waals surface area contributed by atoms with Crippen molar-refractivity contribution in [2.45, 2.75) is 38.2 Å². The van der Waals surface area contributed by atoms with E-state index in [1.807, 2.05) is 0 Å². The average Bonchev–Trinajstić information content (AvgIpc) is 2.30. The summed E-state index contributed by atoms with van der Waals surface area (Å²) in [7, 11) is 1.50. The number of methoxy groups -OCH3 is 1. The maximum absolute atomic E-state index is 11.3. The van der Waals surface area contributed by atoms with Crippen LogP contribution in [0.4, 0.5) is 0 Å². The van der Waals surface area contributed by atoms with Crippen LogP contribution in [0.25, 0.3) is 0 Å². The third-order valence-electron chi connectivity index (χ3n) is 4.49. The third-order valence-corrected chi connectivity index (χ3v) is 4.49. The van der Waals surface area contributed by atoms with Crippen LogP contribution in [0.2, 0.25) is 0 Å². The van der Waals surface area contributed by atoms with Gasteiger partial charge in [0.2, 0.25) is 0 Å². The summed E-state index contributed by atoms with van der Waals surface area (Å²) < 4.78 is 5.23. The SMILES string of the molecule is COC(C)(CC12CCN(CC1)CC2)C(=O)O. The number of rotatable bonds is 4. The summed E-state index contributed by atoms with van der Waals surface area (Å²) in [4.78, 5) is 13.7. The first-order chi connectivity index (χ1) is 7.50. The lowest BCUT2D eigenvalue weighted by atomic mass is 9.66. The van der Waals surface area contributed by atoms with Crippen LogP contribution in [0.15, 0.2) is 0 Å². The minimum Gasteiger partial charge on any atom is -0.479 e. The van der Waals surface area contributed by atoms with E-state index in [1.165, 1.54) is 7.11 Å². The van der Waals surface area contributed by atoms with E-state index >= 15 is 0 Å². The smallest absolute Gasteiger partial charge is 0.335 e. The Kier molecular flexibility index (Phi) is 2.97. The van der Waals surface area contributed by atoms with Crippen molar-refractivity contribution in [3.05, 3.63) is 0 Å². The molecule has 1 atom stereocenters. The number of hydrogen-bond donors (Lipinski definition) is 1. The molecule has 1 unspecified atom stereocenters. The Hall–Kier alpha value is -0.610. The summed E-state index contributed by atoms with van der Waals surface area (Å²) >= 11 is 0. The van der Waals surface area contributed by atoms with E-state index in [1.54, 1.807) is 6.92 Å². The minimum absolute atomic E-state index is 0.206. The van der Waals surface area contributed by atoms with Gasteiger partial charge in [-0.2, -0.15) is 0 Å². The number of hydrogen-bond acceptors (Lipinski definition) is 3. The van der Waals surface area contributed by atoms with Gasteiger partial charge < -0.3 is 14.7 Å². The second-order valence-electron chi connectivity index (χ2n) is 5.51. The zero-order chi connectivity index (χ0) is 11.8. The number of carboxylic acid groups (broad SMARTS) is 1. The first kappa shape index (κ1) is 11.9. The first-order valence-corrected chi connectivity index (χ1v) is 6.01. The lowest BCUT2D eigenvalue weighted by molar-refractivity contribution is -0.167. The van der Waals surface area contributed by atoms with Crippen LogP contribution in [0.5, 0.6) is 0 Å². The molecule has 0 aromatic rings. The van der Waals surface area contributed by atoms with E-state index < -0.39 is 11.6 Å². The summed E-state index contributed by atoms with van der Waals surface area (Å²) in [6, 6.07) is 0. The Labute approximate surface area is 96.6 Å². The fourth-order valence-corrected chi connectivity index (χ4v) is 3.11. The zero-order valence-corrected chi connectivity index (χ0v) is 10.2. The summed E-state index contributed by atoms with van der Waals surface area (Å²) in [6.07, 6.45) is 4.03. The molecule has 0 aromatic carbocycles. The Morgan fingerprint density at radius 2 is 1.88 bits per heavy atom. The van der Waals surface area contributed by atoms with Crippen LogP contribution in [-0.4, -0.2) is 48.3 Å². The maximum Gasteiger partial charge on any atom is 0.335 e. The number of fused-ring (bicyclic) bond motifs is 3. The molecule has 3 aliphatic heterocycles. The van der Waals surface area contributed by atoms with Crippen molar-refractivity contribution in [1.29, 1.82) is 0 Å². The highest BCUT2D eigenvalue weighted by Gasteiger charge is 2.47. The van der Waals surface area contributed by atoms with Crippen molar-refractivity contribution >= 4 is 5.97 Å². The molecular weight excluding hydrogens is 206 g/mol. The van der Waals surface area contributed by atoms with Gasteiger partial charge in [-0.1, -0.05) is 0 Å². The van der Waals surface area contributed by atoms with Gasteiger partial charge in [-0.05, 0) is 57.7 Å². The quantitative estimate of drug-likeness (QED) is 0.787. The van der Waals surface area contributed by atoms with Crippen LogP contribution < -0.4 is 0 Å². The summed E-state index contributed by atoms with van der Waals surface area (Å²) in [5.41, 5.74) is -0.808. The molecule has 0 radical (unpaired) electrons. The molecule has 0 aliphatic carbocycles. The molecule has 0 spiro atoms. The molecule has 0 saturated carbocycles. The average molecular weight is 227 g/mol. The van der Waals surface area contributed by atoms with Crippen LogP contribution in [0.3, 0.4) is 0 Å². The molecule has 4 heteroatoms. The molecule has 0 aromatic heterocycles. The molecule has 3 aliphatic rings. The normalized spacial score (nSPS) is 37.0. The van der Waals surface area contributed by atoms with E-state index in [4.69, 9.17) is 4.74 Å². The summed E-state index contributed by atoms with van der Waals surface area (Å²) in [5.74, 6) is -0.836. The molecule has 3 rings (SSSR count). The van der Waals surface area contributed by atoms with Gasteiger partial charge in [0.05, 0.1) is 0 Å². The van der Waals surface area contributed by atoms with Crippen molar-refractivity contribution in [3.8, 4) is 0 Å². The number of aliphatic carboxylic acids is 1. The van der Waals surface area contributed by atoms with Gasteiger partial charge in [0.15, 0.2) is 5.60 Å². The van der Waals surface area contributed by atoms with Gasteiger partial charge in [0.1, 0.15) is 0 Å². The van der Waals surface area contributed by atoms with E-state index in [-0.39, 0.29) is 5.41 Å². The van der Waals surface area contributed by atoms with Crippen molar-refractivity contribution in [2.24, 2.45) is 5.41 Å². The molecule has 16 heavy (non-hydrogen) atoms. The molecule has 0 amide bonds. The molecule has 2 bridgehead atoms. The number of nitrogens with zero attached hydrogens (tertiary/aromatic N) is 1. The lowest BCUT2D eigenvalue weighted by Crippen LogP contribution is -2.52. The molecule has 3 saturated heterocycles. The topological polar surface area (TPSA) is 49.8 Å². The highest BCUT2D eigenvalue weighted by Crippen LogP contribution is 2.46. The van der Waals surface area contributed by atoms with Crippen molar-refractivity contribution in [2.75, 3.05) is 26.7 Å². The van der Waals surface area contributed by atoms with Gasteiger partial charge >= 0.3 is 5.97 Å². The number of carbonyl (C=O) groups is 1. The minimum atomic E-state index is -1.01. The predicted octanol–water partition coefficient (Wildman–Crippen LogP) is 1.35. The first-order valence-electron chi connectivity index (χ1n) is 6.01. The molecular formula is C12H21NO3. The molecule has 3 heterocycles. The van der Waals surface area contributed by atoms with Crippen LogP contribution in [0, 0.1) is 5.41 Å². The Balaban J connectivity index is 2.10. The van der Waals surface area contributed by atoms with Gasteiger partial charge in [-0.25, -0.2) is 4.79 Å². The highest BCUT2D eigenvalue weighted by molar-refractivity contribution is 5.77. The van der Waals surface area contributed by atoms with Crippen molar-refractivity contribution in [1.82, 2.24) is 4.90 Å². The number of carboxylic acids is 1. The maximum atomic E-state index is 11.3. The fraction of sp³-hybridized carbons (Fsp3) is 0.917. The zero-order valence-electron chi connectivity index (χ0n) is 10.2. The molecule has 1 N–H and O–H groups in total. The van der Waals surface area contributed by atoms with Crippen LogP contribution in [0.1, 0.15) is 32.6 Å². The summed E-state index contributed by atoms with van der Waals surface area (Å²) in [6.45, 7) is 5.07. The van der Waals surface area contributed by atoms with E-state index in [0.717, 1.165) is 38.9 Å². The van der Waals surface area contributed by atoms with Gasteiger partial charge in [0.25, 0.3) is 0 Å². The molecule has 4 nitrogen and oxygen atoms in total. The van der Waals surface area contributed by atoms with Gasteiger partial charge in [-0.3, -0.25) is 0 Å². The second-order valence-corrected chi connectivity index (χ2v) is 5.51. The van der Waals surface area contributed by atoms with Crippen LogP contribution >= 0.6 is 0 Å². The highest BCUT2D eigenvalue weighted by atomic mass is 16.5. The number of piperidine rings is 3. The summed E-state index contributed by atoms with van der Waals surface area (Å²) in [5, 5.41) is 9.25. The van der Waals surface area contributed by atoms with E-state index in [0.29, 0.717) is 6.42 Å².